The number of Topliss-reactive ketones (excluding diaryl/α,β-unsaturated/α-hetero) is 1. The number of nitrogens with zero attached hydrogens (tertiary/aromatic N) is 1. The van der Waals surface area contributed by atoms with Crippen LogP contribution in [0.4, 0.5) is 0 Å². The number of benzene rings is 1. The molecule has 0 aromatic heterocycles. The smallest absolute Gasteiger partial charge is 0.176 e. The summed E-state index contributed by atoms with van der Waals surface area (Å²) in [5.74, 6) is 5.46. The van der Waals surface area contributed by atoms with Gasteiger partial charge in [0.25, 0.3) is 0 Å². The summed E-state index contributed by atoms with van der Waals surface area (Å²) < 4.78 is 0. The molecule has 0 aliphatic rings. The van der Waals surface area contributed by atoms with Crippen LogP contribution in [0.5, 0.6) is 0 Å². The van der Waals surface area contributed by atoms with E-state index in [9.17, 15) is 4.79 Å². The molecule has 1 aromatic rings. The Morgan fingerprint density at radius 3 is 2.56 bits per heavy atom. The summed E-state index contributed by atoms with van der Waals surface area (Å²) in [6, 6.07) is 8.59. The zero-order chi connectivity index (χ0) is 11.8. The number of ketones is 1. The predicted molar refractivity (Wildman–Crippen MR) is 59.6 cm³/mol. The van der Waals surface area contributed by atoms with E-state index in [0.29, 0.717) is 12.0 Å². The Labute approximate surface area is 94.3 Å². The molecule has 0 heterocycles. The summed E-state index contributed by atoms with van der Waals surface area (Å²) >= 11 is 0. The minimum atomic E-state index is -0.183. The van der Waals surface area contributed by atoms with Gasteiger partial charge in [-0.25, -0.2) is 0 Å². The van der Waals surface area contributed by atoms with Crippen molar-refractivity contribution in [3.8, 4) is 17.9 Å². The predicted octanol–water partition coefficient (Wildman–Crippen LogP) is 1.52. The van der Waals surface area contributed by atoms with Gasteiger partial charge < -0.3 is 5.11 Å². The number of carbonyl (C=O) groups excluding carboxylic acids is 1. The molecule has 0 saturated heterocycles. The summed E-state index contributed by atoms with van der Waals surface area (Å²) in [5.41, 5.74) is 1.32. The van der Waals surface area contributed by atoms with E-state index in [-0.39, 0.29) is 18.8 Å². The monoisotopic (exact) mass is 213 g/mol. The molecule has 0 aliphatic heterocycles. The van der Waals surface area contributed by atoms with Crippen LogP contribution in [-0.4, -0.2) is 17.5 Å². The minimum absolute atomic E-state index is 0.0474. The van der Waals surface area contributed by atoms with E-state index in [1.807, 2.05) is 6.07 Å². The zero-order valence-corrected chi connectivity index (χ0v) is 8.73. The van der Waals surface area contributed by atoms with Crippen molar-refractivity contribution in [2.24, 2.45) is 0 Å². The summed E-state index contributed by atoms with van der Waals surface area (Å²) in [5, 5.41) is 16.9. The highest BCUT2D eigenvalue weighted by atomic mass is 16.2. The van der Waals surface area contributed by atoms with E-state index in [2.05, 4.69) is 11.8 Å². The second-order valence-electron chi connectivity index (χ2n) is 3.11. The molecule has 3 heteroatoms. The van der Waals surface area contributed by atoms with E-state index >= 15 is 0 Å². The third kappa shape index (κ3) is 3.57. The first-order valence-electron chi connectivity index (χ1n) is 4.88. The Bertz CT molecular complexity index is 457. The number of aliphatic hydroxyl groups excluding tert-OH is 1. The Morgan fingerprint density at radius 1 is 1.31 bits per heavy atom. The highest BCUT2D eigenvalue weighted by Crippen LogP contribution is 2.05. The maximum absolute atomic E-state index is 11.3. The number of aliphatic hydroxyl groups is 1. The second kappa shape index (κ2) is 6.40. The first-order chi connectivity index (χ1) is 7.77. The zero-order valence-electron chi connectivity index (χ0n) is 8.73. The summed E-state index contributed by atoms with van der Waals surface area (Å²) in [7, 11) is 0. The van der Waals surface area contributed by atoms with Gasteiger partial charge in [-0.1, -0.05) is 24.0 Å². The largest absolute Gasteiger partial charge is 0.395 e. The molecular weight excluding hydrogens is 202 g/mol. The second-order valence-corrected chi connectivity index (χ2v) is 3.11. The van der Waals surface area contributed by atoms with Crippen molar-refractivity contribution < 1.29 is 9.90 Å². The van der Waals surface area contributed by atoms with E-state index in [1.165, 1.54) is 0 Å². The van der Waals surface area contributed by atoms with Crippen LogP contribution in [0.15, 0.2) is 24.3 Å². The number of hydrogen-bond acceptors (Lipinski definition) is 3. The molecule has 0 unspecified atom stereocenters. The molecule has 1 N–H and O–H groups in total. The SMILES string of the molecule is N#CCC(=O)c1ccc(C#CCCO)cc1. The van der Waals surface area contributed by atoms with Crippen molar-refractivity contribution in [1.82, 2.24) is 0 Å². The van der Waals surface area contributed by atoms with Crippen LogP contribution in [0, 0.1) is 23.2 Å². The van der Waals surface area contributed by atoms with Gasteiger partial charge in [-0.15, -0.1) is 0 Å². The first-order valence-corrected chi connectivity index (χ1v) is 4.88. The van der Waals surface area contributed by atoms with Gasteiger partial charge in [0.15, 0.2) is 5.78 Å². The quantitative estimate of drug-likeness (QED) is 0.611. The number of rotatable bonds is 3. The number of hydrogen-bond donors (Lipinski definition) is 1. The fraction of sp³-hybridized carbons (Fsp3) is 0.231. The van der Waals surface area contributed by atoms with Crippen LogP contribution in [0.3, 0.4) is 0 Å². The van der Waals surface area contributed by atoms with E-state index in [1.54, 1.807) is 24.3 Å². The van der Waals surface area contributed by atoms with Crippen molar-refractivity contribution in [1.29, 1.82) is 5.26 Å². The van der Waals surface area contributed by atoms with E-state index in [0.717, 1.165) is 5.56 Å². The van der Waals surface area contributed by atoms with E-state index in [4.69, 9.17) is 10.4 Å². The Balaban J connectivity index is 2.73. The Morgan fingerprint density at radius 2 is 2.00 bits per heavy atom. The van der Waals surface area contributed by atoms with E-state index < -0.39 is 0 Å². The van der Waals surface area contributed by atoms with Crippen LogP contribution >= 0.6 is 0 Å². The molecule has 0 bridgehead atoms. The topological polar surface area (TPSA) is 61.1 Å². The molecule has 0 atom stereocenters. The Hall–Kier alpha value is -2.10. The third-order valence-corrected chi connectivity index (χ3v) is 1.92. The maximum atomic E-state index is 11.3. The van der Waals surface area contributed by atoms with Gasteiger partial charge >= 0.3 is 0 Å². The molecule has 0 radical (unpaired) electrons. The molecular formula is C13H11NO2. The van der Waals surface area contributed by atoms with Crippen molar-refractivity contribution >= 4 is 5.78 Å². The lowest BCUT2D eigenvalue weighted by atomic mass is 10.1. The molecule has 1 rings (SSSR count). The minimum Gasteiger partial charge on any atom is -0.395 e. The van der Waals surface area contributed by atoms with Gasteiger partial charge in [-0.05, 0) is 12.1 Å². The van der Waals surface area contributed by atoms with Crippen molar-refractivity contribution in [2.75, 3.05) is 6.61 Å². The average molecular weight is 213 g/mol. The summed E-state index contributed by atoms with van der Waals surface area (Å²) in [4.78, 5) is 11.3. The average Bonchev–Trinajstić information content (AvgIpc) is 2.30. The first kappa shape index (κ1) is 12.0. The number of carbonyl (C=O) groups is 1. The standard InChI is InChI=1S/C13H11NO2/c14-9-8-13(16)12-6-4-11(5-7-12)3-1-2-10-15/h4-7,15H,2,8,10H2. The lowest BCUT2D eigenvalue weighted by Gasteiger charge is -1.96. The van der Waals surface area contributed by atoms with Crippen molar-refractivity contribution in [2.45, 2.75) is 12.8 Å². The molecule has 0 aliphatic carbocycles. The van der Waals surface area contributed by atoms with Crippen LogP contribution in [0.2, 0.25) is 0 Å². The molecule has 1 aromatic carbocycles. The highest BCUT2D eigenvalue weighted by Gasteiger charge is 2.03. The van der Waals surface area contributed by atoms with Crippen molar-refractivity contribution in [3.63, 3.8) is 0 Å². The van der Waals surface area contributed by atoms with Gasteiger partial charge in [0.05, 0.1) is 19.1 Å². The summed E-state index contributed by atoms with van der Waals surface area (Å²) in [6.45, 7) is 0.0474. The molecule has 16 heavy (non-hydrogen) atoms. The van der Waals surface area contributed by atoms with Gasteiger partial charge in [0.1, 0.15) is 0 Å². The van der Waals surface area contributed by atoms with Crippen LogP contribution in [-0.2, 0) is 0 Å². The van der Waals surface area contributed by atoms with Gasteiger partial charge in [0, 0.05) is 17.5 Å². The molecule has 0 saturated carbocycles. The molecule has 0 amide bonds. The lowest BCUT2D eigenvalue weighted by Crippen LogP contribution is -1.96. The third-order valence-electron chi connectivity index (χ3n) is 1.92. The summed E-state index contributed by atoms with van der Waals surface area (Å²) in [6.07, 6.45) is 0.338. The van der Waals surface area contributed by atoms with Crippen LogP contribution in [0.25, 0.3) is 0 Å². The fourth-order valence-electron chi connectivity index (χ4n) is 1.13. The normalized spacial score (nSPS) is 8.75. The molecule has 3 nitrogen and oxygen atoms in total. The molecule has 0 spiro atoms. The molecule has 80 valence electrons. The highest BCUT2D eigenvalue weighted by molar-refractivity contribution is 5.97. The van der Waals surface area contributed by atoms with Crippen LogP contribution < -0.4 is 0 Å². The van der Waals surface area contributed by atoms with Gasteiger partial charge in [0.2, 0.25) is 0 Å². The fourth-order valence-corrected chi connectivity index (χ4v) is 1.13. The van der Waals surface area contributed by atoms with Gasteiger partial charge in [-0.3, -0.25) is 4.79 Å². The number of nitriles is 1. The maximum Gasteiger partial charge on any atom is 0.176 e. The van der Waals surface area contributed by atoms with Crippen molar-refractivity contribution in [3.05, 3.63) is 35.4 Å². The van der Waals surface area contributed by atoms with Crippen LogP contribution in [0.1, 0.15) is 28.8 Å². The van der Waals surface area contributed by atoms with Gasteiger partial charge in [-0.2, -0.15) is 5.26 Å². The lowest BCUT2D eigenvalue weighted by molar-refractivity contribution is 0.0997. The Kier molecular flexibility index (Phi) is 4.79. The molecule has 0 fully saturated rings.